The molecule has 1 heterocycles. The average molecular weight is 337 g/mol. The maximum absolute atomic E-state index is 11.7. The number of hydrogen-bond donors (Lipinski definition) is 1. The quantitative estimate of drug-likeness (QED) is 0.844. The molecule has 2 aromatic rings. The molecule has 0 bridgehead atoms. The van der Waals surface area contributed by atoms with Crippen molar-refractivity contribution in [2.75, 3.05) is 12.3 Å². The van der Waals surface area contributed by atoms with Crippen molar-refractivity contribution in [1.82, 2.24) is 5.32 Å². The van der Waals surface area contributed by atoms with Gasteiger partial charge in [0.05, 0.1) is 17.1 Å². The molecule has 4 nitrogen and oxygen atoms in total. The predicted octanol–water partition coefficient (Wildman–Crippen LogP) is 2.44. The Morgan fingerprint density at radius 1 is 1.18 bits per heavy atom. The zero-order valence-corrected chi connectivity index (χ0v) is 14.0. The summed E-state index contributed by atoms with van der Waals surface area (Å²) in [6.07, 6.45) is 1.09. The van der Waals surface area contributed by atoms with Crippen LogP contribution in [0.1, 0.15) is 17.4 Å². The van der Waals surface area contributed by atoms with Gasteiger partial charge in [0.15, 0.2) is 9.84 Å². The number of rotatable bonds is 7. The SMILES string of the molecule is CCS(=O)(=O)c1ccc(CCNC(=O)Cc2cccs2)cc1. The first-order chi connectivity index (χ1) is 10.5. The van der Waals surface area contributed by atoms with Gasteiger partial charge in [-0.15, -0.1) is 11.3 Å². The molecule has 0 atom stereocenters. The van der Waals surface area contributed by atoms with Crippen molar-refractivity contribution in [2.45, 2.75) is 24.7 Å². The highest BCUT2D eigenvalue weighted by Gasteiger charge is 2.10. The van der Waals surface area contributed by atoms with E-state index in [1.54, 1.807) is 42.5 Å². The first-order valence-corrected chi connectivity index (χ1v) is 9.65. The van der Waals surface area contributed by atoms with E-state index in [0.29, 0.717) is 24.3 Å². The molecule has 1 amide bonds. The lowest BCUT2D eigenvalue weighted by Crippen LogP contribution is -2.26. The van der Waals surface area contributed by atoms with Crippen LogP contribution in [0.2, 0.25) is 0 Å². The molecule has 0 aliphatic heterocycles. The van der Waals surface area contributed by atoms with Crippen molar-refractivity contribution < 1.29 is 13.2 Å². The molecule has 0 radical (unpaired) electrons. The second-order valence-corrected chi connectivity index (χ2v) is 8.21. The lowest BCUT2D eigenvalue weighted by molar-refractivity contribution is -0.120. The number of nitrogens with one attached hydrogen (secondary N) is 1. The Morgan fingerprint density at radius 2 is 1.91 bits per heavy atom. The van der Waals surface area contributed by atoms with E-state index in [1.807, 2.05) is 17.5 Å². The fraction of sp³-hybridized carbons (Fsp3) is 0.312. The third kappa shape index (κ3) is 4.68. The molecule has 1 N–H and O–H groups in total. The van der Waals surface area contributed by atoms with Gasteiger partial charge in [0.25, 0.3) is 0 Å². The van der Waals surface area contributed by atoms with Crippen LogP contribution in [0.5, 0.6) is 0 Å². The van der Waals surface area contributed by atoms with Gasteiger partial charge in [0, 0.05) is 11.4 Å². The van der Waals surface area contributed by atoms with E-state index in [0.717, 1.165) is 10.4 Å². The fourth-order valence-electron chi connectivity index (χ4n) is 2.01. The van der Waals surface area contributed by atoms with Crippen molar-refractivity contribution in [3.8, 4) is 0 Å². The first-order valence-electron chi connectivity index (χ1n) is 7.12. The molecule has 2 rings (SSSR count). The van der Waals surface area contributed by atoms with Gasteiger partial charge in [-0.25, -0.2) is 8.42 Å². The first kappa shape index (κ1) is 16.7. The zero-order valence-electron chi connectivity index (χ0n) is 12.4. The van der Waals surface area contributed by atoms with Gasteiger partial charge in [0.1, 0.15) is 0 Å². The van der Waals surface area contributed by atoms with E-state index in [-0.39, 0.29) is 11.7 Å². The van der Waals surface area contributed by atoms with E-state index in [9.17, 15) is 13.2 Å². The highest BCUT2D eigenvalue weighted by molar-refractivity contribution is 7.91. The lowest BCUT2D eigenvalue weighted by atomic mass is 10.1. The van der Waals surface area contributed by atoms with Crippen molar-refractivity contribution in [2.24, 2.45) is 0 Å². The van der Waals surface area contributed by atoms with Crippen LogP contribution in [0.15, 0.2) is 46.7 Å². The van der Waals surface area contributed by atoms with E-state index in [2.05, 4.69) is 5.32 Å². The highest BCUT2D eigenvalue weighted by Crippen LogP contribution is 2.12. The minimum absolute atomic E-state index is 0.00707. The number of sulfone groups is 1. The summed E-state index contributed by atoms with van der Waals surface area (Å²) < 4.78 is 23.4. The number of carbonyl (C=O) groups excluding carboxylic acids is 1. The van der Waals surface area contributed by atoms with E-state index in [4.69, 9.17) is 0 Å². The maximum atomic E-state index is 11.7. The Morgan fingerprint density at radius 3 is 2.50 bits per heavy atom. The Hall–Kier alpha value is -1.66. The number of hydrogen-bond acceptors (Lipinski definition) is 4. The van der Waals surface area contributed by atoms with Crippen molar-refractivity contribution in [3.05, 3.63) is 52.2 Å². The Kier molecular flexibility index (Phi) is 5.74. The Balaban J connectivity index is 1.81. The molecule has 0 saturated heterocycles. The molecular formula is C16H19NO3S2. The molecule has 6 heteroatoms. The molecule has 0 aliphatic carbocycles. The summed E-state index contributed by atoms with van der Waals surface area (Å²) in [5.41, 5.74) is 1.01. The average Bonchev–Trinajstić information content (AvgIpc) is 3.00. The van der Waals surface area contributed by atoms with Crippen molar-refractivity contribution in [1.29, 1.82) is 0 Å². The summed E-state index contributed by atoms with van der Waals surface area (Å²) in [7, 11) is -3.15. The van der Waals surface area contributed by atoms with Gasteiger partial charge in [-0.05, 0) is 35.6 Å². The lowest BCUT2D eigenvalue weighted by Gasteiger charge is -2.06. The summed E-state index contributed by atoms with van der Waals surface area (Å²) in [5.74, 6) is 0.109. The third-order valence-electron chi connectivity index (χ3n) is 3.31. The van der Waals surface area contributed by atoms with Gasteiger partial charge >= 0.3 is 0 Å². The molecule has 0 aliphatic rings. The topological polar surface area (TPSA) is 63.2 Å². The van der Waals surface area contributed by atoms with Crippen molar-refractivity contribution >= 4 is 27.1 Å². The Bertz CT molecular complexity index is 704. The van der Waals surface area contributed by atoms with Gasteiger partial charge < -0.3 is 5.32 Å². The summed E-state index contributed by atoms with van der Waals surface area (Å²) in [6.45, 7) is 2.18. The van der Waals surface area contributed by atoms with Gasteiger partial charge in [-0.1, -0.05) is 25.1 Å². The molecule has 0 spiro atoms. The third-order valence-corrected chi connectivity index (χ3v) is 5.94. The molecule has 1 aromatic carbocycles. The van der Waals surface area contributed by atoms with Crippen LogP contribution >= 0.6 is 11.3 Å². The molecule has 0 unspecified atom stereocenters. The van der Waals surface area contributed by atoms with Gasteiger partial charge in [-0.2, -0.15) is 0 Å². The number of thiophene rings is 1. The van der Waals surface area contributed by atoms with E-state index >= 15 is 0 Å². The zero-order chi connectivity index (χ0) is 16.0. The largest absolute Gasteiger partial charge is 0.355 e. The molecule has 22 heavy (non-hydrogen) atoms. The van der Waals surface area contributed by atoms with Crippen LogP contribution in [0, 0.1) is 0 Å². The minimum atomic E-state index is -3.15. The van der Waals surface area contributed by atoms with Crippen LogP contribution in [0.3, 0.4) is 0 Å². The van der Waals surface area contributed by atoms with Crippen LogP contribution < -0.4 is 5.32 Å². The summed E-state index contributed by atoms with van der Waals surface area (Å²) in [4.78, 5) is 13.1. The number of carbonyl (C=O) groups is 1. The minimum Gasteiger partial charge on any atom is -0.355 e. The van der Waals surface area contributed by atoms with Crippen LogP contribution in [-0.4, -0.2) is 26.6 Å². The monoisotopic (exact) mass is 337 g/mol. The smallest absolute Gasteiger partial charge is 0.225 e. The van der Waals surface area contributed by atoms with Crippen molar-refractivity contribution in [3.63, 3.8) is 0 Å². The van der Waals surface area contributed by atoms with E-state index < -0.39 is 9.84 Å². The van der Waals surface area contributed by atoms with E-state index in [1.165, 1.54) is 0 Å². The molecular weight excluding hydrogens is 318 g/mol. The number of benzene rings is 1. The second-order valence-electron chi connectivity index (χ2n) is 4.90. The van der Waals surface area contributed by atoms with Gasteiger partial charge in [0.2, 0.25) is 5.91 Å². The van der Waals surface area contributed by atoms with Crippen LogP contribution in [0.4, 0.5) is 0 Å². The highest BCUT2D eigenvalue weighted by atomic mass is 32.2. The molecule has 0 fully saturated rings. The summed E-state index contributed by atoms with van der Waals surface area (Å²) >= 11 is 1.57. The van der Waals surface area contributed by atoms with Gasteiger partial charge in [-0.3, -0.25) is 4.79 Å². The maximum Gasteiger partial charge on any atom is 0.225 e. The van der Waals surface area contributed by atoms with Crippen LogP contribution in [-0.2, 0) is 27.5 Å². The predicted molar refractivity (Wildman–Crippen MR) is 88.9 cm³/mol. The second kappa shape index (κ2) is 7.56. The standard InChI is InChI=1S/C16H19NO3S2/c1-2-22(19,20)15-7-5-13(6-8-15)9-10-17-16(18)12-14-4-3-11-21-14/h3-8,11H,2,9-10,12H2,1H3,(H,17,18). The fourth-order valence-corrected chi connectivity index (χ4v) is 3.60. The molecule has 0 saturated carbocycles. The normalized spacial score (nSPS) is 11.3. The number of amides is 1. The molecule has 118 valence electrons. The Labute approximate surface area is 135 Å². The summed E-state index contributed by atoms with van der Waals surface area (Å²) in [6, 6.07) is 10.7. The summed E-state index contributed by atoms with van der Waals surface area (Å²) in [5, 5.41) is 4.83. The molecule has 1 aromatic heterocycles. The van der Waals surface area contributed by atoms with Crippen LogP contribution in [0.25, 0.3) is 0 Å².